The van der Waals surface area contributed by atoms with Gasteiger partial charge in [0, 0.05) is 19.6 Å². The molecule has 0 bridgehead atoms. The Morgan fingerprint density at radius 2 is 1.74 bits per heavy atom. The van der Waals surface area contributed by atoms with Gasteiger partial charge < -0.3 is 9.64 Å². The zero-order valence-electron chi connectivity index (χ0n) is 19.5. The van der Waals surface area contributed by atoms with Gasteiger partial charge in [0.05, 0.1) is 16.5 Å². The monoisotopic (exact) mass is 475 g/mol. The van der Waals surface area contributed by atoms with Gasteiger partial charge in [0.1, 0.15) is 11.9 Å². The molecule has 1 fully saturated rings. The fraction of sp³-hybridized carbons (Fsp3) is 0.296. The number of benzene rings is 3. The van der Waals surface area contributed by atoms with Gasteiger partial charge in [0.15, 0.2) is 0 Å². The molecule has 0 saturated carbocycles. The minimum Gasteiger partial charge on any atom is -0.490 e. The lowest BCUT2D eigenvalue weighted by Gasteiger charge is -2.31. The van der Waals surface area contributed by atoms with Crippen LogP contribution in [0.15, 0.2) is 77.7 Å². The SMILES string of the molecule is CN(C)Cc1ccccc1-c1cccc(OC2CCN(S(=O)(=O)c3cccc(C#N)c3)CC2)c1. The minimum absolute atomic E-state index is 0.0517. The Bertz CT molecular complexity index is 1290. The first kappa shape index (κ1) is 24.0. The van der Waals surface area contributed by atoms with Crippen LogP contribution in [0, 0.1) is 11.3 Å². The molecule has 0 N–H and O–H groups in total. The molecule has 0 spiro atoms. The number of nitrogens with zero attached hydrogens (tertiary/aromatic N) is 3. The lowest BCUT2D eigenvalue weighted by molar-refractivity contribution is 0.135. The summed E-state index contributed by atoms with van der Waals surface area (Å²) < 4.78 is 33.8. The highest BCUT2D eigenvalue weighted by molar-refractivity contribution is 7.89. The Kier molecular flexibility index (Phi) is 7.32. The number of rotatable bonds is 7. The van der Waals surface area contributed by atoms with Crippen molar-refractivity contribution >= 4 is 10.0 Å². The summed E-state index contributed by atoms with van der Waals surface area (Å²) in [5.41, 5.74) is 3.88. The maximum Gasteiger partial charge on any atom is 0.243 e. The van der Waals surface area contributed by atoms with Crippen LogP contribution in [0.4, 0.5) is 0 Å². The van der Waals surface area contributed by atoms with E-state index in [-0.39, 0.29) is 11.0 Å². The minimum atomic E-state index is -3.63. The average molecular weight is 476 g/mol. The molecule has 1 heterocycles. The van der Waals surface area contributed by atoms with Crippen LogP contribution < -0.4 is 4.74 Å². The number of hydrogen-bond acceptors (Lipinski definition) is 5. The summed E-state index contributed by atoms with van der Waals surface area (Å²) in [5.74, 6) is 0.792. The van der Waals surface area contributed by atoms with E-state index in [2.05, 4.69) is 49.3 Å². The Hall–Kier alpha value is -3.18. The van der Waals surface area contributed by atoms with Crippen LogP contribution in [0.1, 0.15) is 24.0 Å². The summed E-state index contributed by atoms with van der Waals surface area (Å²) in [7, 11) is 0.492. The summed E-state index contributed by atoms with van der Waals surface area (Å²) >= 11 is 0. The molecule has 0 aromatic heterocycles. The van der Waals surface area contributed by atoms with Gasteiger partial charge in [-0.2, -0.15) is 9.57 Å². The van der Waals surface area contributed by atoms with E-state index < -0.39 is 10.0 Å². The Morgan fingerprint density at radius 1 is 1.00 bits per heavy atom. The van der Waals surface area contributed by atoms with Crippen LogP contribution >= 0.6 is 0 Å². The maximum absolute atomic E-state index is 13.0. The Labute approximate surface area is 202 Å². The highest BCUT2D eigenvalue weighted by Gasteiger charge is 2.30. The third kappa shape index (κ3) is 5.48. The molecule has 0 radical (unpaired) electrons. The van der Waals surface area contributed by atoms with Crippen molar-refractivity contribution in [2.24, 2.45) is 0 Å². The number of hydrogen-bond donors (Lipinski definition) is 0. The van der Waals surface area contributed by atoms with Crippen molar-refractivity contribution in [3.8, 4) is 22.9 Å². The molecule has 1 saturated heterocycles. The molecule has 0 unspecified atom stereocenters. The number of ether oxygens (including phenoxy) is 1. The van der Waals surface area contributed by atoms with E-state index >= 15 is 0 Å². The molecule has 6 nitrogen and oxygen atoms in total. The van der Waals surface area contributed by atoms with Gasteiger partial charge in [0.25, 0.3) is 0 Å². The zero-order valence-corrected chi connectivity index (χ0v) is 20.3. The molecule has 4 rings (SSSR count). The van der Waals surface area contributed by atoms with E-state index in [1.54, 1.807) is 18.2 Å². The van der Waals surface area contributed by atoms with E-state index in [1.165, 1.54) is 21.5 Å². The molecule has 3 aromatic rings. The molecule has 34 heavy (non-hydrogen) atoms. The fourth-order valence-corrected chi connectivity index (χ4v) is 5.79. The molecule has 0 atom stereocenters. The van der Waals surface area contributed by atoms with Crippen molar-refractivity contribution in [3.05, 3.63) is 83.9 Å². The topological polar surface area (TPSA) is 73.6 Å². The third-order valence-corrected chi connectivity index (χ3v) is 7.85. The highest BCUT2D eigenvalue weighted by atomic mass is 32.2. The summed E-state index contributed by atoms with van der Waals surface area (Å²) in [6, 6.07) is 24.6. The summed E-state index contributed by atoms with van der Waals surface area (Å²) in [6.07, 6.45) is 1.17. The van der Waals surface area contributed by atoms with Gasteiger partial charge in [-0.3, -0.25) is 0 Å². The van der Waals surface area contributed by atoms with Crippen molar-refractivity contribution in [2.45, 2.75) is 30.4 Å². The van der Waals surface area contributed by atoms with E-state index in [0.717, 1.165) is 17.9 Å². The largest absolute Gasteiger partial charge is 0.490 e. The predicted octanol–water partition coefficient (Wildman–Crippen LogP) is 4.52. The van der Waals surface area contributed by atoms with Crippen LogP contribution in [-0.2, 0) is 16.6 Å². The summed E-state index contributed by atoms with van der Waals surface area (Å²) in [4.78, 5) is 2.31. The van der Waals surface area contributed by atoms with Crippen LogP contribution in [0.25, 0.3) is 11.1 Å². The van der Waals surface area contributed by atoms with Gasteiger partial charge in [0.2, 0.25) is 10.0 Å². The fourth-order valence-electron chi connectivity index (χ4n) is 4.28. The van der Waals surface area contributed by atoms with Crippen LogP contribution in [-0.4, -0.2) is 50.9 Å². The van der Waals surface area contributed by atoms with E-state index in [1.807, 2.05) is 24.3 Å². The van der Waals surface area contributed by atoms with Crippen molar-refractivity contribution in [1.29, 1.82) is 5.26 Å². The lowest BCUT2D eigenvalue weighted by atomic mass is 9.99. The first-order valence-electron chi connectivity index (χ1n) is 11.4. The zero-order chi connectivity index (χ0) is 24.1. The second-order valence-corrected chi connectivity index (χ2v) is 10.7. The first-order valence-corrected chi connectivity index (χ1v) is 12.8. The number of nitriles is 1. The maximum atomic E-state index is 13.0. The van der Waals surface area contributed by atoms with Gasteiger partial charge in [-0.05, 0) is 74.0 Å². The van der Waals surface area contributed by atoms with Crippen molar-refractivity contribution in [1.82, 2.24) is 9.21 Å². The van der Waals surface area contributed by atoms with E-state index in [9.17, 15) is 8.42 Å². The Balaban J connectivity index is 1.43. The molecule has 176 valence electrons. The standard InChI is InChI=1S/C27H29N3O3S/c1-29(2)20-23-8-3-4-12-27(23)22-9-6-10-25(18-22)33-24-13-15-30(16-14-24)34(31,32)26-11-5-7-21(17-26)19-28/h3-12,17-18,24H,13-16,20H2,1-2H3. The van der Waals surface area contributed by atoms with Gasteiger partial charge in [-0.25, -0.2) is 8.42 Å². The second-order valence-electron chi connectivity index (χ2n) is 8.78. The number of piperidine rings is 1. The smallest absolute Gasteiger partial charge is 0.243 e. The van der Waals surface area contributed by atoms with Crippen LogP contribution in [0.5, 0.6) is 5.75 Å². The first-order chi connectivity index (χ1) is 16.4. The summed E-state index contributed by atoms with van der Waals surface area (Å²) in [5, 5.41) is 9.08. The Morgan fingerprint density at radius 3 is 2.47 bits per heavy atom. The number of sulfonamides is 1. The van der Waals surface area contributed by atoms with E-state index in [0.29, 0.717) is 31.5 Å². The predicted molar refractivity (Wildman–Crippen MR) is 133 cm³/mol. The molecule has 1 aliphatic heterocycles. The molecule has 1 aliphatic rings. The quantitative estimate of drug-likeness (QED) is 0.502. The molecule has 3 aromatic carbocycles. The summed E-state index contributed by atoms with van der Waals surface area (Å²) in [6.45, 7) is 1.62. The van der Waals surface area contributed by atoms with Crippen LogP contribution in [0.2, 0.25) is 0 Å². The highest BCUT2D eigenvalue weighted by Crippen LogP contribution is 2.30. The van der Waals surface area contributed by atoms with Gasteiger partial charge in [-0.1, -0.05) is 42.5 Å². The normalized spacial score (nSPS) is 15.2. The molecular weight excluding hydrogens is 446 g/mol. The molecule has 0 aliphatic carbocycles. The lowest BCUT2D eigenvalue weighted by Crippen LogP contribution is -2.41. The van der Waals surface area contributed by atoms with Gasteiger partial charge >= 0.3 is 0 Å². The van der Waals surface area contributed by atoms with Crippen LogP contribution in [0.3, 0.4) is 0 Å². The van der Waals surface area contributed by atoms with E-state index in [4.69, 9.17) is 10.00 Å². The molecule has 0 amide bonds. The van der Waals surface area contributed by atoms with Crippen molar-refractivity contribution in [3.63, 3.8) is 0 Å². The molecular formula is C27H29N3O3S. The molecule has 7 heteroatoms. The third-order valence-electron chi connectivity index (χ3n) is 5.95. The van der Waals surface area contributed by atoms with Crippen molar-refractivity contribution < 1.29 is 13.2 Å². The average Bonchev–Trinajstić information content (AvgIpc) is 2.84. The van der Waals surface area contributed by atoms with Gasteiger partial charge in [-0.15, -0.1) is 0 Å². The second kappa shape index (κ2) is 10.4. The van der Waals surface area contributed by atoms with Crippen molar-refractivity contribution in [2.75, 3.05) is 27.2 Å².